The van der Waals surface area contributed by atoms with E-state index in [0.717, 1.165) is 18.7 Å². The van der Waals surface area contributed by atoms with Gasteiger partial charge in [0, 0.05) is 18.5 Å². The largest absolute Gasteiger partial charge is 0.449 e. The van der Waals surface area contributed by atoms with Crippen LogP contribution in [0.4, 0.5) is 10.6 Å². The highest BCUT2D eigenvalue weighted by Crippen LogP contribution is 2.49. The van der Waals surface area contributed by atoms with Crippen LogP contribution in [-0.2, 0) is 11.8 Å². The Balaban J connectivity index is 1.76. The number of carbonyl (C=O) groups excluding carboxylic acids is 1. The molecule has 0 bridgehead atoms. The summed E-state index contributed by atoms with van der Waals surface area (Å²) in [7, 11) is 1.92. The van der Waals surface area contributed by atoms with Crippen molar-refractivity contribution in [2.45, 2.75) is 70.1 Å². The molecule has 1 heterocycles. The van der Waals surface area contributed by atoms with Gasteiger partial charge >= 0.3 is 6.09 Å². The van der Waals surface area contributed by atoms with Crippen molar-refractivity contribution in [3.8, 4) is 0 Å². The molecular formula is C17H27N3O2. The Labute approximate surface area is 132 Å². The lowest BCUT2D eigenvalue weighted by atomic mass is 9.97. The first kappa shape index (κ1) is 15.4. The summed E-state index contributed by atoms with van der Waals surface area (Å²) >= 11 is 0. The normalized spacial score (nSPS) is 18.6. The maximum absolute atomic E-state index is 12.0. The molecule has 0 spiro atoms. The zero-order valence-electron chi connectivity index (χ0n) is 13.7. The minimum atomic E-state index is -0.351. The molecule has 5 heteroatoms. The smallest absolute Gasteiger partial charge is 0.412 e. The maximum Gasteiger partial charge on any atom is 0.412 e. The van der Waals surface area contributed by atoms with Gasteiger partial charge in [0.05, 0.1) is 12.3 Å². The van der Waals surface area contributed by atoms with Gasteiger partial charge in [-0.1, -0.05) is 26.2 Å². The number of nitrogens with one attached hydrogen (secondary N) is 1. The Hall–Kier alpha value is -1.52. The number of hydrogen-bond donors (Lipinski definition) is 1. The summed E-state index contributed by atoms with van der Waals surface area (Å²) in [4.78, 5) is 12.0. The standard InChI is InChI=1S/C17H27N3O2/c1-3-4-11-22-17(21)18-16-14(12-9-10-12)15(19-20(16)2)13-7-5-6-8-13/h12-13H,3-11H2,1-2H3,(H,18,21). The van der Waals surface area contributed by atoms with Crippen molar-refractivity contribution in [2.24, 2.45) is 7.05 Å². The topological polar surface area (TPSA) is 56.1 Å². The fourth-order valence-corrected chi connectivity index (χ4v) is 3.43. The molecule has 2 fully saturated rings. The number of hydrogen-bond acceptors (Lipinski definition) is 3. The predicted molar refractivity (Wildman–Crippen MR) is 86.3 cm³/mol. The molecule has 0 aliphatic heterocycles. The number of amides is 1. The van der Waals surface area contributed by atoms with Crippen LogP contribution in [0.3, 0.4) is 0 Å². The first-order valence-electron chi connectivity index (χ1n) is 8.71. The SMILES string of the molecule is CCCCOC(=O)Nc1c(C2CC2)c(C2CCCC2)nn1C. The maximum atomic E-state index is 12.0. The molecule has 0 atom stereocenters. The fraction of sp³-hybridized carbons (Fsp3) is 0.765. The molecule has 1 aromatic rings. The van der Waals surface area contributed by atoms with Gasteiger partial charge in [-0.2, -0.15) is 5.10 Å². The van der Waals surface area contributed by atoms with E-state index < -0.39 is 0 Å². The van der Waals surface area contributed by atoms with E-state index in [1.807, 2.05) is 11.7 Å². The van der Waals surface area contributed by atoms with Crippen molar-refractivity contribution in [1.29, 1.82) is 0 Å². The number of anilines is 1. The molecule has 0 radical (unpaired) electrons. The molecule has 1 N–H and O–H groups in total. The third kappa shape index (κ3) is 3.28. The second kappa shape index (κ2) is 6.71. The number of unbranched alkanes of at least 4 members (excludes halogenated alkanes) is 1. The zero-order valence-corrected chi connectivity index (χ0v) is 13.7. The van der Waals surface area contributed by atoms with E-state index in [-0.39, 0.29) is 6.09 Å². The number of aromatic nitrogens is 2. The summed E-state index contributed by atoms with van der Waals surface area (Å²) < 4.78 is 7.08. The number of rotatable bonds is 6. The minimum absolute atomic E-state index is 0.351. The lowest BCUT2D eigenvalue weighted by Gasteiger charge is -2.11. The Kier molecular flexibility index (Phi) is 4.69. The van der Waals surface area contributed by atoms with Crippen LogP contribution in [0.2, 0.25) is 0 Å². The summed E-state index contributed by atoms with van der Waals surface area (Å²) in [6.07, 6.45) is 9.07. The molecule has 122 valence electrons. The number of ether oxygens (including phenoxy) is 1. The van der Waals surface area contributed by atoms with Gasteiger partial charge in [-0.05, 0) is 38.0 Å². The van der Waals surface area contributed by atoms with Gasteiger partial charge in [-0.3, -0.25) is 10.00 Å². The Bertz CT molecular complexity index is 528. The van der Waals surface area contributed by atoms with Crippen LogP contribution in [0.15, 0.2) is 0 Å². The molecule has 2 aliphatic rings. The third-order valence-corrected chi connectivity index (χ3v) is 4.79. The van der Waals surface area contributed by atoms with Crippen molar-refractivity contribution in [2.75, 3.05) is 11.9 Å². The minimum Gasteiger partial charge on any atom is -0.449 e. The van der Waals surface area contributed by atoms with Gasteiger partial charge in [0.25, 0.3) is 0 Å². The average Bonchev–Trinajstić information content (AvgIpc) is 3.08. The van der Waals surface area contributed by atoms with Gasteiger partial charge < -0.3 is 4.74 Å². The average molecular weight is 305 g/mol. The fourth-order valence-electron chi connectivity index (χ4n) is 3.43. The molecule has 1 aromatic heterocycles. The van der Waals surface area contributed by atoms with E-state index in [1.54, 1.807) is 0 Å². The third-order valence-electron chi connectivity index (χ3n) is 4.79. The van der Waals surface area contributed by atoms with Crippen LogP contribution in [0.5, 0.6) is 0 Å². The van der Waals surface area contributed by atoms with Crippen LogP contribution in [-0.4, -0.2) is 22.5 Å². The van der Waals surface area contributed by atoms with Crippen LogP contribution < -0.4 is 5.32 Å². The Morgan fingerprint density at radius 3 is 2.64 bits per heavy atom. The molecule has 2 aliphatic carbocycles. The second-order valence-corrected chi connectivity index (χ2v) is 6.64. The summed E-state index contributed by atoms with van der Waals surface area (Å²) in [5, 5.41) is 7.69. The molecule has 0 unspecified atom stereocenters. The first-order chi connectivity index (χ1) is 10.7. The predicted octanol–water partition coefficient (Wildman–Crippen LogP) is 4.30. The molecule has 1 amide bonds. The van der Waals surface area contributed by atoms with E-state index in [0.29, 0.717) is 18.4 Å². The van der Waals surface area contributed by atoms with E-state index in [1.165, 1.54) is 49.8 Å². The molecule has 0 saturated heterocycles. The van der Waals surface area contributed by atoms with Gasteiger partial charge in [-0.15, -0.1) is 0 Å². The Morgan fingerprint density at radius 1 is 1.27 bits per heavy atom. The lowest BCUT2D eigenvalue weighted by molar-refractivity contribution is 0.159. The lowest BCUT2D eigenvalue weighted by Crippen LogP contribution is -2.17. The molecule has 0 aromatic carbocycles. The molecule has 5 nitrogen and oxygen atoms in total. The second-order valence-electron chi connectivity index (χ2n) is 6.64. The summed E-state index contributed by atoms with van der Waals surface area (Å²) in [5.41, 5.74) is 2.51. The van der Waals surface area contributed by atoms with E-state index in [4.69, 9.17) is 9.84 Å². The van der Waals surface area contributed by atoms with Crippen LogP contribution >= 0.6 is 0 Å². The van der Waals surface area contributed by atoms with Gasteiger partial charge in [0.15, 0.2) is 0 Å². The van der Waals surface area contributed by atoms with Gasteiger partial charge in [0.1, 0.15) is 5.82 Å². The Morgan fingerprint density at radius 2 is 2.00 bits per heavy atom. The summed E-state index contributed by atoms with van der Waals surface area (Å²) in [5.74, 6) is 2.01. The highest BCUT2D eigenvalue weighted by atomic mass is 16.5. The van der Waals surface area contributed by atoms with Crippen molar-refractivity contribution >= 4 is 11.9 Å². The molecule has 22 heavy (non-hydrogen) atoms. The summed E-state index contributed by atoms with van der Waals surface area (Å²) in [6.45, 7) is 2.57. The van der Waals surface area contributed by atoms with Crippen LogP contribution in [0.25, 0.3) is 0 Å². The van der Waals surface area contributed by atoms with E-state index >= 15 is 0 Å². The van der Waals surface area contributed by atoms with Crippen molar-refractivity contribution in [1.82, 2.24) is 9.78 Å². The highest BCUT2D eigenvalue weighted by Gasteiger charge is 2.35. The first-order valence-corrected chi connectivity index (χ1v) is 8.71. The molecular weight excluding hydrogens is 278 g/mol. The molecule has 2 saturated carbocycles. The zero-order chi connectivity index (χ0) is 15.5. The number of aryl methyl sites for hydroxylation is 1. The van der Waals surface area contributed by atoms with Crippen LogP contribution in [0.1, 0.15) is 81.4 Å². The van der Waals surface area contributed by atoms with Gasteiger partial charge in [-0.25, -0.2) is 4.79 Å². The number of carbonyl (C=O) groups is 1. The van der Waals surface area contributed by atoms with Crippen molar-refractivity contribution in [3.63, 3.8) is 0 Å². The van der Waals surface area contributed by atoms with E-state index in [2.05, 4.69) is 12.2 Å². The highest BCUT2D eigenvalue weighted by molar-refractivity contribution is 5.85. The summed E-state index contributed by atoms with van der Waals surface area (Å²) in [6, 6.07) is 0. The van der Waals surface area contributed by atoms with Gasteiger partial charge in [0.2, 0.25) is 0 Å². The molecule has 3 rings (SSSR count). The quantitative estimate of drug-likeness (QED) is 0.797. The van der Waals surface area contributed by atoms with Crippen molar-refractivity contribution < 1.29 is 9.53 Å². The van der Waals surface area contributed by atoms with E-state index in [9.17, 15) is 4.79 Å². The number of nitrogens with zero attached hydrogens (tertiary/aromatic N) is 2. The van der Waals surface area contributed by atoms with Crippen molar-refractivity contribution in [3.05, 3.63) is 11.3 Å². The monoisotopic (exact) mass is 305 g/mol. The van der Waals surface area contributed by atoms with Crippen LogP contribution in [0, 0.1) is 0 Å².